The van der Waals surface area contributed by atoms with Crippen LogP contribution in [0.1, 0.15) is 25.1 Å². The van der Waals surface area contributed by atoms with E-state index < -0.39 is 23.3 Å². The summed E-state index contributed by atoms with van der Waals surface area (Å²) in [6.07, 6.45) is 1.66. The van der Waals surface area contributed by atoms with Crippen LogP contribution in [-0.2, 0) is 17.9 Å². The number of carboxylic acid groups (broad SMARTS) is 1. The van der Waals surface area contributed by atoms with Crippen molar-refractivity contribution in [1.29, 1.82) is 0 Å². The molecule has 0 unspecified atom stereocenters. The lowest BCUT2D eigenvalue weighted by atomic mass is 10.2. The highest BCUT2D eigenvalue weighted by Gasteiger charge is 2.17. The van der Waals surface area contributed by atoms with Crippen LogP contribution in [0, 0.1) is 12.8 Å². The Morgan fingerprint density at radius 3 is 2.64 bits per heavy atom. The van der Waals surface area contributed by atoms with Gasteiger partial charge in [-0.3, -0.25) is 19.3 Å². The van der Waals surface area contributed by atoms with Crippen molar-refractivity contribution in [3.63, 3.8) is 0 Å². The molecule has 2 heterocycles. The van der Waals surface area contributed by atoms with Gasteiger partial charge in [0.05, 0.1) is 35.5 Å². The fourth-order valence-corrected chi connectivity index (χ4v) is 3.23. The average molecular weight is 474 g/mol. The third kappa shape index (κ3) is 5.78. The zero-order valence-corrected chi connectivity index (χ0v) is 19.2. The normalized spacial score (nSPS) is 12.5. The summed E-state index contributed by atoms with van der Waals surface area (Å²) in [6.45, 7) is 5.31. The third-order valence-electron chi connectivity index (χ3n) is 4.80. The molecule has 0 saturated carbocycles. The van der Waals surface area contributed by atoms with E-state index in [0.29, 0.717) is 28.8 Å². The predicted molar refractivity (Wildman–Crippen MR) is 122 cm³/mol. The molecule has 33 heavy (non-hydrogen) atoms. The van der Waals surface area contributed by atoms with Crippen molar-refractivity contribution >= 4 is 23.3 Å². The summed E-state index contributed by atoms with van der Waals surface area (Å²) in [5, 5.41) is 9.54. The zero-order valence-electron chi connectivity index (χ0n) is 18.4. The molecule has 0 aliphatic carbocycles. The minimum atomic E-state index is -1.12. The number of ether oxygens (including phenoxy) is 1. The van der Waals surface area contributed by atoms with Gasteiger partial charge in [-0.05, 0) is 43.7 Å². The maximum atomic E-state index is 13.2. The van der Waals surface area contributed by atoms with E-state index in [0.717, 1.165) is 10.1 Å². The first-order chi connectivity index (χ1) is 15.7. The molecule has 1 aromatic carbocycles. The van der Waals surface area contributed by atoms with Gasteiger partial charge in [-0.1, -0.05) is 24.6 Å². The summed E-state index contributed by atoms with van der Waals surface area (Å²) >= 11 is 6.24. The molecule has 0 aliphatic heterocycles. The van der Waals surface area contributed by atoms with Crippen molar-refractivity contribution in [2.75, 3.05) is 6.61 Å². The Hall–Kier alpha value is -3.66. The number of nitrogens with zero attached hydrogens (tertiary/aromatic N) is 4. The zero-order chi connectivity index (χ0) is 24.1. The van der Waals surface area contributed by atoms with Gasteiger partial charge in [0.15, 0.2) is 0 Å². The largest absolute Gasteiger partial charge is 0.492 e. The minimum Gasteiger partial charge on any atom is -0.492 e. The van der Waals surface area contributed by atoms with Crippen LogP contribution in [-0.4, -0.2) is 36.8 Å². The second-order valence-corrected chi connectivity index (χ2v) is 7.87. The van der Waals surface area contributed by atoms with Crippen molar-refractivity contribution in [3.8, 4) is 5.75 Å². The van der Waals surface area contributed by atoms with Gasteiger partial charge in [-0.15, -0.1) is 0 Å². The number of aromatic amines is 1. The number of benzene rings is 1. The molecular formula is C22H24ClN5O5. The highest BCUT2D eigenvalue weighted by molar-refractivity contribution is 6.32. The molecule has 11 heteroatoms. The number of rotatable bonds is 8. The Balaban J connectivity index is 2.17. The quantitative estimate of drug-likeness (QED) is 0.515. The smallest absolute Gasteiger partial charge is 0.335 e. The van der Waals surface area contributed by atoms with Gasteiger partial charge >= 0.3 is 17.3 Å². The van der Waals surface area contributed by atoms with Crippen LogP contribution < -0.4 is 21.7 Å². The highest BCUT2D eigenvalue weighted by Crippen LogP contribution is 2.28. The average Bonchev–Trinajstić information content (AvgIpc) is 2.77. The standard InChI is InChI=1S/C22H24ClN5O5/c1-4-33-18-8-7-15(9-17(18)23)25-20-26-21(31)28(11-14(3)19(29)30)22(32)27(20)12-16-6-5-13(2)10-24-16/h5-10,14H,4,11-12H2,1-3H3,(H,29,30)(H,25,26,31)/t14-/m0/s1. The summed E-state index contributed by atoms with van der Waals surface area (Å²) in [6, 6.07) is 8.45. The molecule has 174 valence electrons. The Bertz CT molecular complexity index is 1340. The van der Waals surface area contributed by atoms with Crippen molar-refractivity contribution < 1.29 is 14.6 Å². The number of aryl methyl sites for hydroxylation is 1. The van der Waals surface area contributed by atoms with E-state index >= 15 is 0 Å². The van der Waals surface area contributed by atoms with Crippen LogP contribution in [0.3, 0.4) is 0 Å². The molecule has 0 aliphatic rings. The summed E-state index contributed by atoms with van der Waals surface area (Å²) in [5.74, 6) is -1.57. The fraction of sp³-hybridized carbons (Fsp3) is 0.318. The molecule has 3 aromatic rings. The van der Waals surface area contributed by atoms with E-state index in [2.05, 4.69) is 15.0 Å². The van der Waals surface area contributed by atoms with E-state index in [4.69, 9.17) is 16.3 Å². The Morgan fingerprint density at radius 1 is 1.27 bits per heavy atom. The van der Waals surface area contributed by atoms with Gasteiger partial charge in [0.1, 0.15) is 5.75 Å². The van der Waals surface area contributed by atoms with Gasteiger partial charge in [-0.2, -0.15) is 0 Å². The molecule has 2 aromatic heterocycles. The topological polar surface area (TPSA) is 132 Å². The maximum absolute atomic E-state index is 13.2. The van der Waals surface area contributed by atoms with Crippen LogP contribution in [0.4, 0.5) is 5.69 Å². The van der Waals surface area contributed by atoms with Crippen molar-refractivity contribution in [1.82, 2.24) is 19.1 Å². The third-order valence-corrected chi connectivity index (χ3v) is 5.10. The van der Waals surface area contributed by atoms with Crippen molar-refractivity contribution in [2.24, 2.45) is 10.9 Å². The monoisotopic (exact) mass is 473 g/mol. The Labute approximate surface area is 193 Å². The number of H-pyrrole nitrogens is 1. The number of aliphatic carboxylic acids is 1. The van der Waals surface area contributed by atoms with Gasteiger partial charge < -0.3 is 9.84 Å². The van der Waals surface area contributed by atoms with Crippen LogP contribution in [0.15, 0.2) is 51.1 Å². The maximum Gasteiger partial charge on any atom is 0.335 e. The predicted octanol–water partition coefficient (Wildman–Crippen LogP) is 2.10. The summed E-state index contributed by atoms with van der Waals surface area (Å²) < 4.78 is 7.50. The van der Waals surface area contributed by atoms with Crippen LogP contribution in [0.5, 0.6) is 5.75 Å². The molecule has 0 amide bonds. The first-order valence-corrected chi connectivity index (χ1v) is 10.6. The van der Waals surface area contributed by atoms with E-state index in [1.807, 2.05) is 19.9 Å². The van der Waals surface area contributed by atoms with E-state index in [1.54, 1.807) is 30.5 Å². The SMILES string of the molecule is CCOc1ccc(/N=c2\[nH]c(=O)n(C[C@H](C)C(=O)O)c(=O)n2Cc2ccc(C)cn2)cc1Cl. The van der Waals surface area contributed by atoms with Gasteiger partial charge in [-0.25, -0.2) is 19.1 Å². The lowest BCUT2D eigenvalue weighted by Crippen LogP contribution is -2.51. The fourth-order valence-electron chi connectivity index (χ4n) is 3.01. The number of aromatic nitrogens is 4. The lowest BCUT2D eigenvalue weighted by Gasteiger charge is -2.13. The van der Waals surface area contributed by atoms with E-state index in [-0.39, 0.29) is 18.7 Å². The number of hydrogen-bond acceptors (Lipinski definition) is 6. The lowest BCUT2D eigenvalue weighted by molar-refractivity contribution is -0.141. The number of nitrogens with one attached hydrogen (secondary N) is 1. The van der Waals surface area contributed by atoms with Crippen LogP contribution in [0.2, 0.25) is 5.02 Å². The summed E-state index contributed by atoms with van der Waals surface area (Å²) in [4.78, 5) is 48.4. The molecule has 0 radical (unpaired) electrons. The molecular weight excluding hydrogens is 450 g/mol. The molecule has 1 atom stereocenters. The molecule has 0 spiro atoms. The molecule has 2 N–H and O–H groups in total. The second-order valence-electron chi connectivity index (χ2n) is 7.46. The van der Waals surface area contributed by atoms with Crippen molar-refractivity contribution in [2.45, 2.75) is 33.9 Å². The molecule has 0 fully saturated rings. The number of hydrogen-bond donors (Lipinski definition) is 2. The van der Waals surface area contributed by atoms with Crippen LogP contribution in [0.25, 0.3) is 0 Å². The molecule has 10 nitrogen and oxygen atoms in total. The first kappa shape index (κ1) is 24.0. The van der Waals surface area contributed by atoms with Gasteiger partial charge in [0.2, 0.25) is 5.62 Å². The Morgan fingerprint density at radius 2 is 2.03 bits per heavy atom. The Kier molecular flexibility index (Phi) is 7.49. The number of pyridine rings is 1. The number of halogens is 1. The first-order valence-electron chi connectivity index (χ1n) is 10.2. The molecule has 0 saturated heterocycles. The molecule has 3 rings (SSSR count). The van der Waals surface area contributed by atoms with Crippen LogP contribution >= 0.6 is 11.6 Å². The summed E-state index contributed by atoms with van der Waals surface area (Å²) in [7, 11) is 0. The highest BCUT2D eigenvalue weighted by atomic mass is 35.5. The number of carboxylic acids is 1. The van der Waals surface area contributed by atoms with Gasteiger partial charge in [0, 0.05) is 12.7 Å². The summed E-state index contributed by atoms with van der Waals surface area (Å²) in [5.41, 5.74) is 0.412. The molecule has 0 bridgehead atoms. The minimum absolute atomic E-state index is 0.0148. The van der Waals surface area contributed by atoms with E-state index in [9.17, 15) is 19.5 Å². The van der Waals surface area contributed by atoms with Gasteiger partial charge in [0.25, 0.3) is 0 Å². The van der Waals surface area contributed by atoms with Crippen molar-refractivity contribution in [3.05, 3.63) is 79.4 Å². The number of carbonyl (C=O) groups is 1. The van der Waals surface area contributed by atoms with E-state index in [1.165, 1.54) is 11.5 Å². The second kappa shape index (κ2) is 10.3.